The van der Waals surface area contributed by atoms with Gasteiger partial charge in [-0.25, -0.2) is 18.4 Å². The summed E-state index contributed by atoms with van der Waals surface area (Å²) in [7, 11) is 0. The SMILES string of the molecule is CCOC(=O)Nc1c(CCc2cccc(F)c2F)c(C(=O)OC(C)(C)C)c(O)c2ccc(OCc3ccccc3)cc12. The van der Waals surface area contributed by atoms with Crippen molar-refractivity contribution in [2.45, 2.75) is 52.7 Å². The van der Waals surface area contributed by atoms with E-state index in [0.717, 1.165) is 11.6 Å². The van der Waals surface area contributed by atoms with Crippen molar-refractivity contribution in [2.24, 2.45) is 0 Å². The molecule has 1 amide bonds. The number of carbonyl (C=O) groups excluding carboxylic acids is 2. The Morgan fingerprint density at radius 1 is 0.929 bits per heavy atom. The number of hydrogen-bond acceptors (Lipinski definition) is 6. The summed E-state index contributed by atoms with van der Waals surface area (Å²) in [5, 5.41) is 14.7. The molecule has 0 bridgehead atoms. The highest BCUT2D eigenvalue weighted by molar-refractivity contribution is 6.11. The summed E-state index contributed by atoms with van der Waals surface area (Å²) in [6.07, 6.45) is -0.908. The molecular formula is C33H33F2NO6. The second-order valence-corrected chi connectivity index (χ2v) is 10.6. The minimum absolute atomic E-state index is 0.0496. The van der Waals surface area contributed by atoms with Gasteiger partial charge in [0.05, 0.1) is 12.3 Å². The Kier molecular flexibility index (Phi) is 9.30. The predicted octanol–water partition coefficient (Wildman–Crippen LogP) is 7.71. The number of rotatable bonds is 9. The minimum atomic E-state index is -1.02. The number of halogens is 2. The van der Waals surface area contributed by atoms with Crippen LogP contribution in [0.5, 0.6) is 11.5 Å². The van der Waals surface area contributed by atoms with Gasteiger partial charge in [0.15, 0.2) is 11.6 Å². The van der Waals surface area contributed by atoms with Gasteiger partial charge in [-0.15, -0.1) is 0 Å². The van der Waals surface area contributed by atoms with Crippen molar-refractivity contribution in [3.05, 3.63) is 101 Å². The highest BCUT2D eigenvalue weighted by atomic mass is 19.2. The molecule has 0 aliphatic carbocycles. The fourth-order valence-electron chi connectivity index (χ4n) is 4.54. The summed E-state index contributed by atoms with van der Waals surface area (Å²) in [6, 6.07) is 18.2. The molecule has 4 aromatic rings. The van der Waals surface area contributed by atoms with Gasteiger partial charge >= 0.3 is 12.1 Å². The zero-order valence-electron chi connectivity index (χ0n) is 23.9. The van der Waals surface area contributed by atoms with Crippen LogP contribution in [0.3, 0.4) is 0 Å². The van der Waals surface area contributed by atoms with E-state index in [-0.39, 0.29) is 59.6 Å². The molecule has 0 atom stereocenters. The van der Waals surface area contributed by atoms with Crippen molar-refractivity contribution in [3.8, 4) is 11.5 Å². The van der Waals surface area contributed by atoms with Crippen molar-refractivity contribution < 1.29 is 37.7 Å². The van der Waals surface area contributed by atoms with Crippen LogP contribution in [-0.2, 0) is 28.9 Å². The second-order valence-electron chi connectivity index (χ2n) is 10.6. The standard InChI is InChI=1S/C33H33F2NO6/c1-5-40-32(39)36-29-24(16-14-21-12-9-13-26(34)28(21)35)27(31(38)42-33(2,3)4)30(37)23-17-15-22(18-25(23)29)41-19-20-10-7-6-8-11-20/h6-13,15,17-18,37H,5,14,16,19H2,1-4H3,(H,36,39). The average molecular weight is 578 g/mol. The average Bonchev–Trinajstić information content (AvgIpc) is 2.94. The number of benzene rings is 4. The van der Waals surface area contributed by atoms with E-state index >= 15 is 0 Å². The third-order valence-electron chi connectivity index (χ3n) is 6.39. The smallest absolute Gasteiger partial charge is 0.411 e. The van der Waals surface area contributed by atoms with Gasteiger partial charge in [-0.1, -0.05) is 42.5 Å². The number of fused-ring (bicyclic) bond motifs is 1. The Balaban J connectivity index is 1.89. The maximum Gasteiger partial charge on any atom is 0.411 e. The van der Waals surface area contributed by atoms with Gasteiger partial charge in [0.2, 0.25) is 0 Å². The van der Waals surface area contributed by atoms with Crippen molar-refractivity contribution in [3.63, 3.8) is 0 Å². The third kappa shape index (κ3) is 7.15. The summed E-state index contributed by atoms with van der Waals surface area (Å²) >= 11 is 0. The molecule has 2 N–H and O–H groups in total. The molecule has 0 unspecified atom stereocenters. The third-order valence-corrected chi connectivity index (χ3v) is 6.39. The zero-order chi connectivity index (χ0) is 30.4. The fraction of sp³-hybridized carbons (Fsp3) is 0.273. The van der Waals surface area contributed by atoms with Crippen LogP contribution in [0.1, 0.15) is 54.7 Å². The van der Waals surface area contributed by atoms with Crippen LogP contribution in [-0.4, -0.2) is 29.4 Å². The molecule has 4 aromatic carbocycles. The number of carbonyl (C=O) groups is 2. The van der Waals surface area contributed by atoms with Gasteiger partial charge in [-0.2, -0.15) is 0 Å². The Bertz CT molecular complexity index is 1600. The molecule has 0 radical (unpaired) electrons. The maximum absolute atomic E-state index is 14.6. The first-order valence-electron chi connectivity index (χ1n) is 13.6. The molecule has 0 aromatic heterocycles. The second kappa shape index (κ2) is 12.9. The number of esters is 1. The van der Waals surface area contributed by atoms with E-state index in [1.807, 2.05) is 30.3 Å². The predicted molar refractivity (Wildman–Crippen MR) is 156 cm³/mol. The molecule has 0 saturated heterocycles. The van der Waals surface area contributed by atoms with E-state index in [2.05, 4.69) is 5.32 Å². The normalized spacial score (nSPS) is 11.3. The molecule has 0 fully saturated rings. The van der Waals surface area contributed by atoms with Gasteiger partial charge in [0.1, 0.15) is 29.3 Å². The Labute approximate surface area is 243 Å². The maximum atomic E-state index is 14.6. The summed E-state index contributed by atoms with van der Waals surface area (Å²) < 4.78 is 45.3. The largest absolute Gasteiger partial charge is 0.506 e. The van der Waals surface area contributed by atoms with Gasteiger partial charge < -0.3 is 19.3 Å². The minimum Gasteiger partial charge on any atom is -0.506 e. The number of ether oxygens (including phenoxy) is 3. The fourth-order valence-corrected chi connectivity index (χ4v) is 4.54. The number of phenols is 1. The quantitative estimate of drug-likeness (QED) is 0.156. The monoisotopic (exact) mass is 577 g/mol. The van der Waals surface area contributed by atoms with Crippen LogP contribution in [0, 0.1) is 11.6 Å². The Hall–Kier alpha value is -4.66. The van der Waals surface area contributed by atoms with Crippen LogP contribution in [0.15, 0.2) is 66.7 Å². The highest BCUT2D eigenvalue weighted by Gasteiger charge is 2.29. The van der Waals surface area contributed by atoms with Crippen LogP contribution >= 0.6 is 0 Å². The van der Waals surface area contributed by atoms with Crippen LogP contribution in [0.25, 0.3) is 10.8 Å². The van der Waals surface area contributed by atoms with E-state index in [4.69, 9.17) is 14.2 Å². The number of anilines is 1. The first kappa shape index (κ1) is 30.3. The molecule has 0 aliphatic rings. The Morgan fingerprint density at radius 3 is 2.36 bits per heavy atom. The summed E-state index contributed by atoms with van der Waals surface area (Å²) in [6.45, 7) is 7.03. The summed E-state index contributed by atoms with van der Waals surface area (Å²) in [4.78, 5) is 26.2. The lowest BCUT2D eigenvalue weighted by Crippen LogP contribution is -2.25. The van der Waals surface area contributed by atoms with Crippen molar-refractivity contribution in [1.29, 1.82) is 0 Å². The number of amides is 1. The van der Waals surface area contributed by atoms with Crippen molar-refractivity contribution in [1.82, 2.24) is 0 Å². The molecule has 42 heavy (non-hydrogen) atoms. The number of phenolic OH excluding ortho intramolecular Hbond substituents is 1. The topological polar surface area (TPSA) is 94.1 Å². The molecular weight excluding hydrogens is 544 g/mol. The summed E-state index contributed by atoms with van der Waals surface area (Å²) in [5.41, 5.74) is 0.221. The van der Waals surface area contributed by atoms with Gasteiger partial charge in [0, 0.05) is 10.8 Å². The lowest BCUT2D eigenvalue weighted by molar-refractivity contribution is 0.00657. The number of nitrogens with one attached hydrogen (secondary N) is 1. The number of hydrogen-bond donors (Lipinski definition) is 2. The summed E-state index contributed by atoms with van der Waals surface area (Å²) in [5.74, 6) is -2.81. The molecule has 0 spiro atoms. The van der Waals surface area contributed by atoms with Crippen molar-refractivity contribution >= 4 is 28.5 Å². The van der Waals surface area contributed by atoms with Crippen molar-refractivity contribution in [2.75, 3.05) is 11.9 Å². The lowest BCUT2D eigenvalue weighted by Gasteiger charge is -2.24. The first-order valence-corrected chi connectivity index (χ1v) is 13.6. The molecule has 9 heteroatoms. The molecule has 0 aliphatic heterocycles. The lowest BCUT2D eigenvalue weighted by atomic mass is 9.92. The van der Waals surface area contributed by atoms with Crippen LogP contribution in [0.2, 0.25) is 0 Å². The van der Waals surface area contributed by atoms with E-state index in [9.17, 15) is 23.5 Å². The molecule has 220 valence electrons. The first-order chi connectivity index (χ1) is 20.0. The van der Waals surface area contributed by atoms with Crippen LogP contribution < -0.4 is 10.1 Å². The van der Waals surface area contributed by atoms with Gasteiger partial charge in [-0.05, 0) is 81.5 Å². The molecule has 0 heterocycles. The van der Waals surface area contributed by atoms with Gasteiger partial charge in [0.25, 0.3) is 0 Å². The number of aryl methyl sites for hydroxylation is 1. The highest BCUT2D eigenvalue weighted by Crippen LogP contribution is 2.42. The molecule has 4 rings (SSSR count). The number of aromatic hydroxyl groups is 1. The van der Waals surface area contributed by atoms with E-state index < -0.39 is 29.3 Å². The van der Waals surface area contributed by atoms with E-state index in [1.165, 1.54) is 12.1 Å². The molecule has 7 nitrogen and oxygen atoms in total. The van der Waals surface area contributed by atoms with Gasteiger partial charge in [-0.3, -0.25) is 5.32 Å². The van der Waals surface area contributed by atoms with Crippen LogP contribution in [0.4, 0.5) is 19.3 Å². The van der Waals surface area contributed by atoms with E-state index in [1.54, 1.807) is 45.9 Å². The molecule has 0 saturated carbocycles. The Morgan fingerprint density at radius 2 is 1.67 bits per heavy atom. The zero-order valence-corrected chi connectivity index (χ0v) is 23.9. The van der Waals surface area contributed by atoms with E-state index in [0.29, 0.717) is 11.1 Å².